The third kappa shape index (κ3) is 5.58. The summed E-state index contributed by atoms with van der Waals surface area (Å²) in [6.07, 6.45) is 0. The molecule has 5 nitrogen and oxygen atoms in total. The van der Waals surface area contributed by atoms with Crippen LogP contribution in [0.4, 0.5) is 5.69 Å². The first-order valence-corrected chi connectivity index (χ1v) is 9.12. The molecule has 0 aromatic heterocycles. The summed E-state index contributed by atoms with van der Waals surface area (Å²) >= 11 is 0. The molecule has 5 heteroatoms. The fraction of sp³-hybridized carbons (Fsp3) is 0.364. The highest BCUT2D eigenvalue weighted by Crippen LogP contribution is 2.27. The van der Waals surface area contributed by atoms with Crippen LogP contribution in [0, 0.1) is 13.8 Å². The Morgan fingerprint density at radius 3 is 2.44 bits per heavy atom. The SMILES string of the molecule is CCOC(=O)c1ccc(NC(=O)COc2cc(C)ccc2C(C)C)c(C)c1. The Bertz CT molecular complexity index is 827. The standard InChI is InChI=1S/C22H27NO4/c1-6-26-22(25)17-8-10-19(16(5)12-17)23-21(24)13-27-20-11-15(4)7-9-18(20)14(2)3/h7-12,14H,6,13H2,1-5H3,(H,23,24). The number of anilines is 1. The van der Waals surface area contributed by atoms with E-state index in [2.05, 4.69) is 19.2 Å². The highest BCUT2D eigenvalue weighted by atomic mass is 16.5. The molecule has 0 unspecified atom stereocenters. The van der Waals surface area contributed by atoms with E-state index < -0.39 is 0 Å². The molecule has 0 saturated carbocycles. The molecule has 0 spiro atoms. The first-order chi connectivity index (χ1) is 12.8. The van der Waals surface area contributed by atoms with Crippen molar-refractivity contribution in [1.29, 1.82) is 0 Å². The molecule has 0 heterocycles. The average Bonchev–Trinajstić information content (AvgIpc) is 2.61. The van der Waals surface area contributed by atoms with Crippen LogP contribution in [-0.2, 0) is 9.53 Å². The number of benzene rings is 2. The molecule has 0 saturated heterocycles. The van der Waals surface area contributed by atoms with Gasteiger partial charge < -0.3 is 14.8 Å². The van der Waals surface area contributed by atoms with Gasteiger partial charge in [-0.15, -0.1) is 0 Å². The molecule has 1 N–H and O–H groups in total. The minimum atomic E-state index is -0.373. The van der Waals surface area contributed by atoms with Crippen LogP contribution >= 0.6 is 0 Å². The average molecular weight is 369 g/mol. The second-order valence-electron chi connectivity index (χ2n) is 6.78. The summed E-state index contributed by atoms with van der Waals surface area (Å²) in [6, 6.07) is 11.1. The van der Waals surface area contributed by atoms with Crippen molar-refractivity contribution in [2.45, 2.75) is 40.5 Å². The monoisotopic (exact) mass is 369 g/mol. The minimum absolute atomic E-state index is 0.0811. The van der Waals surface area contributed by atoms with Gasteiger partial charge in [0.1, 0.15) is 5.75 Å². The third-order valence-electron chi connectivity index (χ3n) is 4.16. The van der Waals surface area contributed by atoms with Gasteiger partial charge in [0, 0.05) is 5.69 Å². The van der Waals surface area contributed by atoms with Crippen molar-refractivity contribution in [2.75, 3.05) is 18.5 Å². The molecule has 0 radical (unpaired) electrons. The van der Waals surface area contributed by atoms with Gasteiger partial charge >= 0.3 is 5.97 Å². The molecule has 0 aliphatic rings. The molecule has 1 amide bonds. The van der Waals surface area contributed by atoms with Gasteiger partial charge in [-0.1, -0.05) is 26.0 Å². The zero-order valence-corrected chi connectivity index (χ0v) is 16.6. The van der Waals surface area contributed by atoms with E-state index in [-0.39, 0.29) is 18.5 Å². The Labute approximate surface area is 160 Å². The third-order valence-corrected chi connectivity index (χ3v) is 4.16. The maximum atomic E-state index is 12.3. The Morgan fingerprint density at radius 1 is 1.07 bits per heavy atom. The number of carbonyl (C=O) groups is 2. The molecule has 0 atom stereocenters. The van der Waals surface area contributed by atoms with Crippen molar-refractivity contribution in [3.8, 4) is 5.75 Å². The van der Waals surface area contributed by atoms with E-state index in [0.29, 0.717) is 23.8 Å². The first-order valence-electron chi connectivity index (χ1n) is 9.12. The van der Waals surface area contributed by atoms with Crippen molar-refractivity contribution in [1.82, 2.24) is 0 Å². The number of hydrogen-bond donors (Lipinski definition) is 1. The molecule has 2 rings (SSSR count). The minimum Gasteiger partial charge on any atom is -0.483 e. The van der Waals surface area contributed by atoms with Crippen molar-refractivity contribution in [3.05, 3.63) is 58.7 Å². The maximum Gasteiger partial charge on any atom is 0.338 e. The van der Waals surface area contributed by atoms with Crippen molar-refractivity contribution in [3.63, 3.8) is 0 Å². The van der Waals surface area contributed by atoms with Gasteiger partial charge in [-0.25, -0.2) is 4.79 Å². The van der Waals surface area contributed by atoms with E-state index in [1.165, 1.54) is 0 Å². The fourth-order valence-corrected chi connectivity index (χ4v) is 2.72. The van der Waals surface area contributed by atoms with Crippen LogP contribution in [0.25, 0.3) is 0 Å². The lowest BCUT2D eigenvalue weighted by molar-refractivity contribution is -0.118. The van der Waals surface area contributed by atoms with Gasteiger partial charge in [0.05, 0.1) is 12.2 Å². The summed E-state index contributed by atoms with van der Waals surface area (Å²) in [5, 5.41) is 2.83. The van der Waals surface area contributed by atoms with Crippen LogP contribution in [0.15, 0.2) is 36.4 Å². The highest BCUT2D eigenvalue weighted by Gasteiger charge is 2.13. The number of carbonyl (C=O) groups excluding carboxylic acids is 2. The molecule has 0 aliphatic heterocycles. The van der Waals surface area contributed by atoms with Crippen LogP contribution in [0.3, 0.4) is 0 Å². The molecule has 0 fully saturated rings. The second-order valence-corrected chi connectivity index (χ2v) is 6.78. The van der Waals surface area contributed by atoms with Crippen LogP contribution in [0.2, 0.25) is 0 Å². The molecule has 0 aliphatic carbocycles. The normalized spacial score (nSPS) is 10.6. The van der Waals surface area contributed by atoms with Gasteiger partial charge in [-0.05, 0) is 67.6 Å². The summed E-state index contributed by atoms with van der Waals surface area (Å²) in [5.74, 6) is 0.413. The van der Waals surface area contributed by atoms with Gasteiger partial charge in [0.15, 0.2) is 6.61 Å². The smallest absolute Gasteiger partial charge is 0.338 e. The molecule has 2 aromatic rings. The first kappa shape index (κ1) is 20.5. The lowest BCUT2D eigenvalue weighted by atomic mass is 10.0. The van der Waals surface area contributed by atoms with Crippen molar-refractivity contribution in [2.24, 2.45) is 0 Å². The fourth-order valence-electron chi connectivity index (χ4n) is 2.72. The summed E-state index contributed by atoms with van der Waals surface area (Å²) in [4.78, 5) is 24.1. The van der Waals surface area contributed by atoms with Crippen LogP contribution in [0.5, 0.6) is 5.75 Å². The predicted octanol–water partition coefficient (Wildman–Crippen LogP) is 4.62. The molecule has 0 bridgehead atoms. The lowest BCUT2D eigenvalue weighted by Crippen LogP contribution is -2.21. The van der Waals surface area contributed by atoms with Crippen LogP contribution in [0.1, 0.15) is 53.7 Å². The highest BCUT2D eigenvalue weighted by molar-refractivity contribution is 5.94. The lowest BCUT2D eigenvalue weighted by Gasteiger charge is -2.15. The van der Waals surface area contributed by atoms with Crippen LogP contribution < -0.4 is 10.1 Å². The number of amides is 1. The number of ether oxygens (including phenoxy) is 2. The van der Waals surface area contributed by atoms with Gasteiger partial charge in [-0.2, -0.15) is 0 Å². The summed E-state index contributed by atoms with van der Waals surface area (Å²) < 4.78 is 10.7. The van der Waals surface area contributed by atoms with Gasteiger partial charge in [0.25, 0.3) is 5.91 Å². The Hall–Kier alpha value is -2.82. The van der Waals surface area contributed by atoms with E-state index in [1.807, 2.05) is 32.0 Å². The molecular formula is C22H27NO4. The van der Waals surface area contributed by atoms with E-state index in [4.69, 9.17) is 9.47 Å². The number of hydrogen-bond acceptors (Lipinski definition) is 4. The quantitative estimate of drug-likeness (QED) is 0.723. The van der Waals surface area contributed by atoms with Crippen LogP contribution in [-0.4, -0.2) is 25.1 Å². The summed E-state index contributed by atoms with van der Waals surface area (Å²) in [6.45, 7) is 10.0. The Kier molecular flexibility index (Phi) is 6.99. The summed E-state index contributed by atoms with van der Waals surface area (Å²) in [7, 11) is 0. The van der Waals surface area contributed by atoms with Crippen molar-refractivity contribution < 1.29 is 19.1 Å². The maximum absolute atomic E-state index is 12.3. The zero-order chi connectivity index (χ0) is 20.0. The number of aryl methyl sites for hydroxylation is 2. The van der Waals surface area contributed by atoms with E-state index in [1.54, 1.807) is 25.1 Å². The predicted molar refractivity (Wildman–Crippen MR) is 107 cm³/mol. The molecule has 2 aromatic carbocycles. The Balaban J connectivity index is 2.02. The van der Waals surface area contributed by atoms with Gasteiger partial charge in [-0.3, -0.25) is 4.79 Å². The largest absolute Gasteiger partial charge is 0.483 e. The molecule has 144 valence electrons. The molecular weight excluding hydrogens is 342 g/mol. The topological polar surface area (TPSA) is 64.6 Å². The van der Waals surface area contributed by atoms with Crippen molar-refractivity contribution >= 4 is 17.6 Å². The van der Waals surface area contributed by atoms with Gasteiger partial charge in [0.2, 0.25) is 0 Å². The zero-order valence-electron chi connectivity index (χ0n) is 16.6. The molecule has 27 heavy (non-hydrogen) atoms. The Morgan fingerprint density at radius 2 is 1.81 bits per heavy atom. The second kappa shape index (κ2) is 9.21. The number of nitrogens with one attached hydrogen (secondary N) is 1. The number of rotatable bonds is 7. The van der Waals surface area contributed by atoms with E-state index in [9.17, 15) is 9.59 Å². The van der Waals surface area contributed by atoms with E-state index in [0.717, 1.165) is 22.4 Å². The number of esters is 1. The van der Waals surface area contributed by atoms with E-state index >= 15 is 0 Å². The summed E-state index contributed by atoms with van der Waals surface area (Å²) in [5.41, 5.74) is 4.05.